The maximum Gasteiger partial charge on any atom is 0.244 e. The quantitative estimate of drug-likeness (QED) is 0.803. The van der Waals surface area contributed by atoms with Gasteiger partial charge >= 0.3 is 0 Å². The number of rotatable bonds is 3. The number of halogens is 2. The Morgan fingerprint density at radius 1 is 1.38 bits per heavy atom. The topological polar surface area (TPSA) is 67.2 Å². The van der Waals surface area contributed by atoms with E-state index in [4.69, 9.17) is 0 Å². The van der Waals surface area contributed by atoms with Gasteiger partial charge in [-0.1, -0.05) is 6.07 Å². The molecule has 3 rings (SSSR count). The first-order valence-electron chi connectivity index (χ1n) is 7.37. The smallest absolute Gasteiger partial charge is 0.244 e. The van der Waals surface area contributed by atoms with Crippen LogP contribution in [0.15, 0.2) is 40.0 Å². The van der Waals surface area contributed by atoms with Gasteiger partial charge in [0.15, 0.2) is 0 Å². The van der Waals surface area contributed by atoms with E-state index in [0.29, 0.717) is 29.0 Å². The van der Waals surface area contributed by atoms with Crippen LogP contribution in [0.25, 0.3) is 0 Å². The third kappa shape index (κ3) is 3.52. The lowest BCUT2D eigenvalue weighted by atomic mass is 10.2. The van der Waals surface area contributed by atoms with Crippen LogP contribution in [0.1, 0.15) is 17.4 Å². The number of nitrogens with one attached hydrogen (secondary N) is 1. The molecule has 1 aromatic heterocycles. The second-order valence-electron chi connectivity index (χ2n) is 5.67. The van der Waals surface area contributed by atoms with Gasteiger partial charge in [0.05, 0.1) is 10.9 Å². The highest BCUT2D eigenvalue weighted by Crippen LogP contribution is 2.31. The van der Waals surface area contributed by atoms with Crippen molar-refractivity contribution in [2.45, 2.75) is 17.9 Å². The summed E-state index contributed by atoms with van der Waals surface area (Å²) in [5.41, 5.74) is 1.01. The van der Waals surface area contributed by atoms with Crippen molar-refractivity contribution in [3.05, 3.63) is 46.5 Å². The third-order valence-electron chi connectivity index (χ3n) is 4.02. The summed E-state index contributed by atoms with van der Waals surface area (Å²) in [5.74, 6) is 0.740. The van der Waals surface area contributed by atoms with Gasteiger partial charge in [0.2, 0.25) is 10.0 Å². The molecule has 1 fully saturated rings. The van der Waals surface area contributed by atoms with Crippen molar-refractivity contribution in [3.63, 3.8) is 0 Å². The minimum Gasteiger partial charge on any atom is -0.337 e. The highest BCUT2D eigenvalue weighted by Gasteiger charge is 2.37. The van der Waals surface area contributed by atoms with Crippen LogP contribution in [0.5, 0.6) is 0 Å². The lowest BCUT2D eigenvalue weighted by Crippen LogP contribution is -2.49. The fourth-order valence-electron chi connectivity index (χ4n) is 2.83. The zero-order valence-corrected chi connectivity index (χ0v) is 16.7. The number of piperazine rings is 1. The number of hydrogen-bond donors (Lipinski definition) is 1. The lowest BCUT2D eigenvalue weighted by molar-refractivity contribution is 0.258. The molecule has 24 heavy (non-hydrogen) atoms. The van der Waals surface area contributed by atoms with E-state index in [1.54, 1.807) is 16.6 Å². The maximum atomic E-state index is 13.2. The van der Waals surface area contributed by atoms with Crippen molar-refractivity contribution in [1.29, 1.82) is 0 Å². The Balaban J connectivity index is 0.00000208. The summed E-state index contributed by atoms with van der Waals surface area (Å²) in [6, 6.07) is 4.98. The van der Waals surface area contributed by atoms with Crippen LogP contribution in [0.2, 0.25) is 0 Å². The summed E-state index contributed by atoms with van der Waals surface area (Å²) in [6.07, 6.45) is 3.52. The molecule has 0 bridgehead atoms. The largest absolute Gasteiger partial charge is 0.337 e. The van der Waals surface area contributed by atoms with Crippen LogP contribution in [-0.4, -0.2) is 41.9 Å². The van der Waals surface area contributed by atoms with E-state index in [2.05, 4.69) is 26.2 Å². The van der Waals surface area contributed by atoms with Crippen molar-refractivity contribution in [2.75, 3.05) is 19.6 Å². The number of nitrogens with zero attached hydrogens (tertiary/aromatic N) is 3. The first-order chi connectivity index (χ1) is 10.9. The predicted octanol–water partition coefficient (Wildman–Crippen LogP) is 2.25. The molecule has 1 saturated heterocycles. The average molecular weight is 436 g/mol. The fraction of sp³-hybridized carbons (Fsp3) is 0.400. The fourth-order valence-corrected chi connectivity index (χ4v) is 5.57. The SMILES string of the molecule is Cc1ccc(S(=O)(=O)N2CCNCC2c2nccn2C)c(Br)c1.Cl. The van der Waals surface area contributed by atoms with E-state index < -0.39 is 10.0 Å². The number of aryl methyl sites for hydroxylation is 2. The van der Waals surface area contributed by atoms with Crippen LogP contribution >= 0.6 is 28.3 Å². The van der Waals surface area contributed by atoms with E-state index in [-0.39, 0.29) is 18.4 Å². The van der Waals surface area contributed by atoms with Gasteiger partial charge in [-0.15, -0.1) is 12.4 Å². The van der Waals surface area contributed by atoms with E-state index >= 15 is 0 Å². The molecule has 6 nitrogen and oxygen atoms in total. The Hall–Kier alpha value is -0.930. The molecule has 1 aromatic carbocycles. The van der Waals surface area contributed by atoms with Gasteiger partial charge in [0.1, 0.15) is 5.82 Å². The normalized spacial score (nSPS) is 19.0. The summed E-state index contributed by atoms with van der Waals surface area (Å²) < 4.78 is 30.3. The first kappa shape index (κ1) is 19.4. The van der Waals surface area contributed by atoms with E-state index in [1.165, 1.54) is 0 Å². The van der Waals surface area contributed by atoms with Gasteiger partial charge in [-0.05, 0) is 40.5 Å². The number of benzene rings is 1. The molecule has 1 N–H and O–H groups in total. The zero-order chi connectivity index (χ0) is 16.6. The van der Waals surface area contributed by atoms with Crippen LogP contribution in [0.4, 0.5) is 0 Å². The van der Waals surface area contributed by atoms with Gasteiger partial charge in [0.25, 0.3) is 0 Å². The number of hydrogen-bond acceptors (Lipinski definition) is 4. The molecule has 0 saturated carbocycles. The van der Waals surface area contributed by atoms with Gasteiger partial charge in [-0.25, -0.2) is 13.4 Å². The molecular weight excluding hydrogens is 416 g/mol. The van der Waals surface area contributed by atoms with Crippen LogP contribution in [-0.2, 0) is 17.1 Å². The molecule has 0 aliphatic carbocycles. The van der Waals surface area contributed by atoms with Crippen molar-refractivity contribution in [2.24, 2.45) is 7.05 Å². The summed E-state index contributed by atoms with van der Waals surface area (Å²) in [4.78, 5) is 4.63. The van der Waals surface area contributed by atoms with Gasteiger partial charge in [0, 0.05) is 43.5 Å². The minimum atomic E-state index is -3.61. The highest BCUT2D eigenvalue weighted by molar-refractivity contribution is 9.10. The molecule has 1 aliphatic heterocycles. The molecule has 2 aromatic rings. The second kappa shape index (κ2) is 7.53. The maximum absolute atomic E-state index is 13.2. The van der Waals surface area contributed by atoms with Crippen molar-refractivity contribution in [3.8, 4) is 0 Å². The number of imidazole rings is 1. The van der Waals surface area contributed by atoms with Crippen molar-refractivity contribution >= 4 is 38.4 Å². The van der Waals surface area contributed by atoms with Crippen LogP contribution in [0, 0.1) is 6.92 Å². The van der Waals surface area contributed by atoms with E-state index in [9.17, 15) is 8.42 Å². The summed E-state index contributed by atoms with van der Waals surface area (Å²) in [7, 11) is -1.73. The zero-order valence-electron chi connectivity index (χ0n) is 13.4. The first-order valence-corrected chi connectivity index (χ1v) is 9.60. The monoisotopic (exact) mass is 434 g/mol. The molecule has 0 amide bonds. The molecule has 1 atom stereocenters. The minimum absolute atomic E-state index is 0. The number of sulfonamides is 1. The molecule has 1 unspecified atom stereocenters. The van der Waals surface area contributed by atoms with Gasteiger partial charge < -0.3 is 9.88 Å². The average Bonchev–Trinajstić information content (AvgIpc) is 2.93. The highest BCUT2D eigenvalue weighted by atomic mass is 79.9. The van der Waals surface area contributed by atoms with Crippen molar-refractivity contribution < 1.29 is 8.42 Å². The Bertz CT molecular complexity index is 825. The number of aromatic nitrogens is 2. The molecule has 132 valence electrons. The van der Waals surface area contributed by atoms with E-state index in [1.807, 2.05) is 36.9 Å². The molecule has 2 heterocycles. The summed E-state index contributed by atoms with van der Waals surface area (Å²) in [6.45, 7) is 3.53. The summed E-state index contributed by atoms with van der Waals surface area (Å²) >= 11 is 3.39. The summed E-state index contributed by atoms with van der Waals surface area (Å²) in [5, 5.41) is 3.26. The Kier molecular flexibility index (Phi) is 6.09. The predicted molar refractivity (Wildman–Crippen MR) is 98.8 cm³/mol. The molecule has 1 aliphatic rings. The molecule has 0 spiro atoms. The molecule has 0 radical (unpaired) electrons. The van der Waals surface area contributed by atoms with Crippen LogP contribution < -0.4 is 5.32 Å². The lowest BCUT2D eigenvalue weighted by Gasteiger charge is -2.34. The Morgan fingerprint density at radius 3 is 2.75 bits per heavy atom. The van der Waals surface area contributed by atoms with Crippen LogP contribution in [0.3, 0.4) is 0 Å². The third-order valence-corrected chi connectivity index (χ3v) is 6.91. The Morgan fingerprint density at radius 2 is 2.12 bits per heavy atom. The van der Waals surface area contributed by atoms with Gasteiger partial charge in [-0.2, -0.15) is 4.31 Å². The standard InChI is InChI=1S/C15H19BrN4O2S.ClH/c1-11-3-4-14(12(16)9-11)23(21,22)20-8-5-17-10-13(20)15-18-6-7-19(15)2;/h3-4,6-7,9,13,17H,5,8,10H2,1-2H3;1H. The molecule has 9 heteroatoms. The van der Waals surface area contributed by atoms with Crippen molar-refractivity contribution in [1.82, 2.24) is 19.2 Å². The van der Waals surface area contributed by atoms with Gasteiger partial charge in [-0.3, -0.25) is 0 Å². The Labute approximate surface area is 156 Å². The second-order valence-corrected chi connectivity index (χ2v) is 8.38. The van der Waals surface area contributed by atoms with E-state index in [0.717, 1.165) is 11.4 Å². The molecular formula is C15H20BrClN4O2S.